The standard InChI is InChI=1S/C13H20N2O2/c1-4-6-7-15(5-2)12-9-11(13(16)17)8-10(3)14-12/h8-9H,4-7H2,1-3H3,(H,16,17). The molecule has 0 bridgehead atoms. The van der Waals surface area contributed by atoms with Gasteiger partial charge in [0.1, 0.15) is 5.82 Å². The van der Waals surface area contributed by atoms with E-state index in [9.17, 15) is 4.79 Å². The maximum atomic E-state index is 11.0. The molecule has 1 aromatic rings. The SMILES string of the molecule is CCCCN(CC)c1cc(C(=O)O)cc(C)n1. The van der Waals surface area contributed by atoms with Crippen LogP contribution in [0, 0.1) is 6.92 Å². The number of nitrogens with zero attached hydrogens (tertiary/aromatic N) is 2. The molecule has 4 heteroatoms. The summed E-state index contributed by atoms with van der Waals surface area (Å²) in [5, 5.41) is 9.02. The van der Waals surface area contributed by atoms with E-state index in [-0.39, 0.29) is 0 Å². The van der Waals surface area contributed by atoms with E-state index < -0.39 is 5.97 Å². The van der Waals surface area contributed by atoms with Gasteiger partial charge in [-0.05, 0) is 32.4 Å². The molecule has 0 spiro atoms. The van der Waals surface area contributed by atoms with Crippen LogP contribution in [0.4, 0.5) is 5.82 Å². The number of unbranched alkanes of at least 4 members (excludes halogenated alkanes) is 1. The van der Waals surface area contributed by atoms with Crippen LogP contribution in [0.2, 0.25) is 0 Å². The minimum absolute atomic E-state index is 0.308. The second-order valence-corrected chi connectivity index (χ2v) is 4.09. The van der Waals surface area contributed by atoms with Crippen molar-refractivity contribution in [2.24, 2.45) is 0 Å². The number of carboxylic acids is 1. The summed E-state index contributed by atoms with van der Waals surface area (Å²) in [5.74, 6) is -0.137. The Labute approximate surface area is 102 Å². The molecule has 0 saturated heterocycles. The summed E-state index contributed by atoms with van der Waals surface area (Å²) in [6.07, 6.45) is 2.21. The Morgan fingerprint density at radius 1 is 1.41 bits per heavy atom. The van der Waals surface area contributed by atoms with Gasteiger partial charge < -0.3 is 10.0 Å². The third-order valence-corrected chi connectivity index (χ3v) is 2.67. The van der Waals surface area contributed by atoms with Crippen molar-refractivity contribution >= 4 is 11.8 Å². The molecule has 17 heavy (non-hydrogen) atoms. The molecule has 0 radical (unpaired) electrons. The molecule has 0 saturated carbocycles. The van der Waals surface area contributed by atoms with Crippen LogP contribution in [-0.2, 0) is 0 Å². The van der Waals surface area contributed by atoms with Crippen molar-refractivity contribution in [1.82, 2.24) is 4.98 Å². The van der Waals surface area contributed by atoms with Crippen molar-refractivity contribution in [1.29, 1.82) is 0 Å². The second kappa shape index (κ2) is 6.23. The zero-order valence-corrected chi connectivity index (χ0v) is 10.7. The minimum atomic E-state index is -0.900. The van der Waals surface area contributed by atoms with E-state index in [1.165, 1.54) is 0 Å². The highest BCUT2D eigenvalue weighted by molar-refractivity contribution is 5.88. The molecule has 0 unspecified atom stereocenters. The molecule has 1 heterocycles. The maximum Gasteiger partial charge on any atom is 0.335 e. The highest BCUT2D eigenvalue weighted by atomic mass is 16.4. The normalized spacial score (nSPS) is 10.3. The molecule has 1 rings (SSSR count). The molecule has 0 amide bonds. The summed E-state index contributed by atoms with van der Waals surface area (Å²) in [6, 6.07) is 3.24. The first-order valence-corrected chi connectivity index (χ1v) is 6.05. The Kier molecular flexibility index (Phi) is 4.94. The zero-order valence-electron chi connectivity index (χ0n) is 10.7. The van der Waals surface area contributed by atoms with Crippen molar-refractivity contribution < 1.29 is 9.90 Å². The van der Waals surface area contributed by atoms with Crippen molar-refractivity contribution in [2.75, 3.05) is 18.0 Å². The van der Waals surface area contributed by atoms with Crippen molar-refractivity contribution in [3.05, 3.63) is 23.4 Å². The highest BCUT2D eigenvalue weighted by Crippen LogP contribution is 2.15. The van der Waals surface area contributed by atoms with Gasteiger partial charge in [0.25, 0.3) is 0 Å². The number of aromatic nitrogens is 1. The average molecular weight is 236 g/mol. The largest absolute Gasteiger partial charge is 0.478 e. The van der Waals surface area contributed by atoms with Crippen LogP contribution in [0.1, 0.15) is 42.7 Å². The monoisotopic (exact) mass is 236 g/mol. The van der Waals surface area contributed by atoms with Crippen LogP contribution < -0.4 is 4.90 Å². The van der Waals surface area contributed by atoms with Gasteiger partial charge in [0.05, 0.1) is 5.56 Å². The summed E-state index contributed by atoms with van der Waals surface area (Å²) >= 11 is 0. The highest BCUT2D eigenvalue weighted by Gasteiger charge is 2.10. The summed E-state index contributed by atoms with van der Waals surface area (Å²) < 4.78 is 0. The van der Waals surface area contributed by atoms with E-state index in [2.05, 4.69) is 23.7 Å². The molecular formula is C13H20N2O2. The Morgan fingerprint density at radius 3 is 2.65 bits per heavy atom. The van der Waals surface area contributed by atoms with Gasteiger partial charge in [0.15, 0.2) is 0 Å². The first-order valence-electron chi connectivity index (χ1n) is 6.05. The molecule has 4 nitrogen and oxygen atoms in total. The van der Waals surface area contributed by atoms with E-state index in [1.54, 1.807) is 12.1 Å². The minimum Gasteiger partial charge on any atom is -0.478 e. The van der Waals surface area contributed by atoms with Gasteiger partial charge >= 0.3 is 5.97 Å². The number of rotatable bonds is 6. The van der Waals surface area contributed by atoms with E-state index >= 15 is 0 Å². The topological polar surface area (TPSA) is 53.4 Å². The van der Waals surface area contributed by atoms with Crippen LogP contribution in [0.25, 0.3) is 0 Å². The fraction of sp³-hybridized carbons (Fsp3) is 0.538. The molecule has 1 N–H and O–H groups in total. The van der Waals surface area contributed by atoms with Crippen molar-refractivity contribution in [3.63, 3.8) is 0 Å². The molecule has 0 aliphatic carbocycles. The third kappa shape index (κ3) is 3.73. The van der Waals surface area contributed by atoms with Crippen LogP contribution in [-0.4, -0.2) is 29.1 Å². The average Bonchev–Trinajstić information content (AvgIpc) is 2.29. The van der Waals surface area contributed by atoms with Crippen molar-refractivity contribution in [2.45, 2.75) is 33.6 Å². The lowest BCUT2D eigenvalue weighted by atomic mass is 10.2. The smallest absolute Gasteiger partial charge is 0.335 e. The first kappa shape index (κ1) is 13.5. The summed E-state index contributed by atoms with van der Waals surface area (Å²) in [7, 11) is 0. The fourth-order valence-corrected chi connectivity index (χ4v) is 1.72. The van der Waals surface area contributed by atoms with Gasteiger partial charge in [-0.1, -0.05) is 13.3 Å². The number of hydrogen-bond acceptors (Lipinski definition) is 3. The number of aryl methyl sites for hydroxylation is 1. The van der Waals surface area contributed by atoms with Gasteiger partial charge in [0.2, 0.25) is 0 Å². The number of pyridine rings is 1. The first-order chi connectivity index (χ1) is 8.08. The van der Waals surface area contributed by atoms with Crippen molar-refractivity contribution in [3.8, 4) is 0 Å². The predicted molar refractivity (Wildman–Crippen MR) is 68.7 cm³/mol. The number of carbonyl (C=O) groups is 1. The Balaban J connectivity index is 2.98. The van der Waals surface area contributed by atoms with E-state index in [0.717, 1.165) is 37.4 Å². The summed E-state index contributed by atoms with van der Waals surface area (Å²) in [5.41, 5.74) is 1.05. The van der Waals surface area contributed by atoms with E-state index in [4.69, 9.17) is 5.11 Å². The van der Waals surface area contributed by atoms with E-state index in [1.807, 2.05) is 6.92 Å². The molecule has 1 aromatic heterocycles. The number of aromatic carboxylic acids is 1. The summed E-state index contributed by atoms with van der Waals surface area (Å²) in [4.78, 5) is 17.5. The molecule has 0 aliphatic rings. The van der Waals surface area contributed by atoms with Gasteiger partial charge in [-0.2, -0.15) is 0 Å². The molecule has 94 valence electrons. The van der Waals surface area contributed by atoms with Gasteiger partial charge in [-0.15, -0.1) is 0 Å². The fourth-order valence-electron chi connectivity index (χ4n) is 1.72. The Morgan fingerprint density at radius 2 is 2.12 bits per heavy atom. The quantitative estimate of drug-likeness (QED) is 0.825. The maximum absolute atomic E-state index is 11.0. The molecule has 0 aliphatic heterocycles. The summed E-state index contributed by atoms with van der Waals surface area (Å²) in [6.45, 7) is 7.78. The Hall–Kier alpha value is -1.58. The lowest BCUT2D eigenvalue weighted by molar-refractivity contribution is 0.0696. The zero-order chi connectivity index (χ0) is 12.8. The van der Waals surface area contributed by atoms with Gasteiger partial charge in [0, 0.05) is 18.8 Å². The van der Waals surface area contributed by atoms with E-state index in [0.29, 0.717) is 5.56 Å². The van der Waals surface area contributed by atoms with Crippen LogP contribution in [0.15, 0.2) is 12.1 Å². The lowest BCUT2D eigenvalue weighted by Crippen LogP contribution is -2.25. The third-order valence-electron chi connectivity index (χ3n) is 2.67. The lowest BCUT2D eigenvalue weighted by Gasteiger charge is -2.22. The molecular weight excluding hydrogens is 216 g/mol. The molecule has 0 fully saturated rings. The number of carboxylic acid groups (broad SMARTS) is 1. The van der Waals surface area contributed by atoms with Gasteiger partial charge in [-0.3, -0.25) is 0 Å². The molecule has 0 aromatic carbocycles. The van der Waals surface area contributed by atoms with Gasteiger partial charge in [-0.25, -0.2) is 9.78 Å². The number of anilines is 1. The second-order valence-electron chi connectivity index (χ2n) is 4.09. The predicted octanol–water partition coefficient (Wildman–Crippen LogP) is 2.71. The molecule has 0 atom stereocenters. The Bertz CT molecular complexity index is 391. The van der Waals surface area contributed by atoms with Crippen LogP contribution in [0.5, 0.6) is 0 Å². The van der Waals surface area contributed by atoms with Crippen LogP contribution >= 0.6 is 0 Å². The number of hydrogen-bond donors (Lipinski definition) is 1. The van der Waals surface area contributed by atoms with Crippen LogP contribution in [0.3, 0.4) is 0 Å².